The van der Waals surface area contributed by atoms with Crippen LogP contribution in [0.25, 0.3) is 0 Å². The highest BCUT2D eigenvalue weighted by atomic mass is 19.1. The van der Waals surface area contributed by atoms with Gasteiger partial charge in [0.1, 0.15) is 11.9 Å². The summed E-state index contributed by atoms with van der Waals surface area (Å²) in [5.41, 5.74) is 0.817. The van der Waals surface area contributed by atoms with E-state index in [9.17, 15) is 14.0 Å². The van der Waals surface area contributed by atoms with Crippen LogP contribution in [0, 0.1) is 5.82 Å². The molecule has 0 radical (unpaired) electrons. The number of halogens is 1. The topological polar surface area (TPSA) is 49.4 Å². The normalized spacial score (nSPS) is 11.8. The van der Waals surface area contributed by atoms with Crippen molar-refractivity contribution in [2.45, 2.75) is 59.0 Å². The summed E-state index contributed by atoms with van der Waals surface area (Å²) in [4.78, 5) is 26.4. The van der Waals surface area contributed by atoms with Crippen LogP contribution in [0.1, 0.15) is 52.0 Å². The number of nitrogens with one attached hydrogen (secondary N) is 1. The summed E-state index contributed by atoms with van der Waals surface area (Å²) in [5, 5.41) is 2.86. The molecular weight excluding hydrogens is 295 g/mol. The van der Waals surface area contributed by atoms with Gasteiger partial charge in [-0.25, -0.2) is 4.39 Å². The van der Waals surface area contributed by atoms with E-state index in [0.717, 1.165) is 18.4 Å². The number of hydrogen-bond acceptors (Lipinski definition) is 2. The molecule has 0 unspecified atom stereocenters. The van der Waals surface area contributed by atoms with Gasteiger partial charge in [0, 0.05) is 19.5 Å². The Bertz CT molecular complexity index is 502. The third-order valence-corrected chi connectivity index (χ3v) is 3.67. The molecule has 1 aromatic rings. The molecule has 1 aromatic carbocycles. The first-order valence-corrected chi connectivity index (χ1v) is 8.35. The van der Waals surface area contributed by atoms with Gasteiger partial charge in [-0.1, -0.05) is 32.9 Å². The Morgan fingerprint density at radius 1 is 1.13 bits per heavy atom. The number of benzene rings is 1. The van der Waals surface area contributed by atoms with Crippen LogP contribution < -0.4 is 5.32 Å². The first-order valence-electron chi connectivity index (χ1n) is 8.35. The van der Waals surface area contributed by atoms with Crippen molar-refractivity contribution in [3.63, 3.8) is 0 Å². The third kappa shape index (κ3) is 6.00. The van der Waals surface area contributed by atoms with Gasteiger partial charge in [0.2, 0.25) is 11.8 Å². The second-order valence-corrected chi connectivity index (χ2v) is 5.61. The molecule has 0 bridgehead atoms. The molecule has 0 saturated carbocycles. The molecule has 0 saturated heterocycles. The minimum Gasteiger partial charge on any atom is -0.354 e. The molecule has 23 heavy (non-hydrogen) atoms. The minimum atomic E-state index is -0.495. The van der Waals surface area contributed by atoms with Gasteiger partial charge in [-0.3, -0.25) is 9.59 Å². The van der Waals surface area contributed by atoms with Crippen molar-refractivity contribution >= 4 is 11.8 Å². The Kier molecular flexibility index (Phi) is 8.30. The van der Waals surface area contributed by atoms with Crippen LogP contribution in [0.15, 0.2) is 24.3 Å². The van der Waals surface area contributed by atoms with Crippen LogP contribution in [0.3, 0.4) is 0 Å². The van der Waals surface area contributed by atoms with Gasteiger partial charge < -0.3 is 10.2 Å². The monoisotopic (exact) mass is 322 g/mol. The zero-order chi connectivity index (χ0) is 17.2. The molecule has 0 heterocycles. The highest BCUT2D eigenvalue weighted by molar-refractivity contribution is 5.87. The molecule has 0 aromatic heterocycles. The molecule has 1 N–H and O–H groups in total. The third-order valence-electron chi connectivity index (χ3n) is 3.67. The van der Waals surface area contributed by atoms with Crippen molar-refractivity contribution in [2.75, 3.05) is 6.54 Å². The molecule has 0 aliphatic carbocycles. The maximum Gasteiger partial charge on any atom is 0.242 e. The lowest BCUT2D eigenvalue weighted by molar-refractivity contribution is -0.141. The number of carbonyl (C=O) groups excluding carboxylic acids is 2. The van der Waals surface area contributed by atoms with Gasteiger partial charge in [0.25, 0.3) is 0 Å². The average Bonchev–Trinajstić information content (AvgIpc) is 2.54. The quantitative estimate of drug-likeness (QED) is 0.758. The first-order chi connectivity index (χ1) is 11.0. The van der Waals surface area contributed by atoms with E-state index in [1.807, 2.05) is 20.8 Å². The SMILES string of the molecule is CCCNC(=O)[C@@H](CC)N(Cc1ccc(F)cc1)C(=O)CCC. The van der Waals surface area contributed by atoms with Crippen molar-refractivity contribution in [3.8, 4) is 0 Å². The van der Waals surface area contributed by atoms with E-state index in [2.05, 4.69) is 5.32 Å². The van der Waals surface area contributed by atoms with Gasteiger partial charge >= 0.3 is 0 Å². The molecule has 0 fully saturated rings. The molecule has 2 amide bonds. The molecule has 1 rings (SSSR count). The van der Waals surface area contributed by atoms with E-state index >= 15 is 0 Å². The van der Waals surface area contributed by atoms with Crippen molar-refractivity contribution in [3.05, 3.63) is 35.6 Å². The summed E-state index contributed by atoms with van der Waals surface area (Å²) in [6.07, 6.45) is 2.53. The second kappa shape index (κ2) is 9.98. The molecule has 4 nitrogen and oxygen atoms in total. The molecule has 5 heteroatoms. The molecule has 1 atom stereocenters. The number of rotatable bonds is 9. The zero-order valence-electron chi connectivity index (χ0n) is 14.3. The van der Waals surface area contributed by atoms with Gasteiger partial charge in [-0.2, -0.15) is 0 Å². The number of carbonyl (C=O) groups is 2. The number of amides is 2. The lowest BCUT2D eigenvalue weighted by Crippen LogP contribution is -2.49. The number of hydrogen-bond donors (Lipinski definition) is 1. The maximum absolute atomic E-state index is 13.1. The van der Waals surface area contributed by atoms with E-state index in [1.54, 1.807) is 17.0 Å². The van der Waals surface area contributed by atoms with Gasteiger partial charge in [0.15, 0.2) is 0 Å². The Morgan fingerprint density at radius 3 is 2.30 bits per heavy atom. The zero-order valence-corrected chi connectivity index (χ0v) is 14.3. The molecule has 128 valence electrons. The predicted octanol–water partition coefficient (Wildman–Crippen LogP) is 3.26. The number of nitrogens with zero attached hydrogens (tertiary/aromatic N) is 1. The highest BCUT2D eigenvalue weighted by Crippen LogP contribution is 2.14. The Hall–Kier alpha value is -1.91. The van der Waals surface area contributed by atoms with Gasteiger partial charge in [-0.15, -0.1) is 0 Å². The molecule has 0 aliphatic rings. The second-order valence-electron chi connectivity index (χ2n) is 5.61. The predicted molar refractivity (Wildman–Crippen MR) is 89.2 cm³/mol. The van der Waals surface area contributed by atoms with Crippen LogP contribution in [-0.2, 0) is 16.1 Å². The van der Waals surface area contributed by atoms with Crippen LogP contribution in [-0.4, -0.2) is 29.3 Å². The minimum absolute atomic E-state index is 0.0460. The summed E-state index contributed by atoms with van der Waals surface area (Å²) in [6.45, 7) is 6.73. The molecular formula is C18H27FN2O2. The lowest BCUT2D eigenvalue weighted by Gasteiger charge is -2.30. The summed E-state index contributed by atoms with van der Waals surface area (Å²) in [7, 11) is 0. The Balaban J connectivity index is 2.94. The Morgan fingerprint density at radius 2 is 1.78 bits per heavy atom. The first kappa shape index (κ1) is 19.1. The maximum atomic E-state index is 13.1. The Labute approximate surface area is 138 Å². The lowest BCUT2D eigenvalue weighted by atomic mass is 10.1. The van der Waals surface area contributed by atoms with E-state index in [0.29, 0.717) is 25.9 Å². The summed E-state index contributed by atoms with van der Waals surface area (Å²) < 4.78 is 13.1. The fourth-order valence-electron chi connectivity index (χ4n) is 2.43. The average molecular weight is 322 g/mol. The summed E-state index contributed by atoms with van der Waals surface area (Å²) in [5.74, 6) is -0.482. The standard InChI is InChI=1S/C18H27FN2O2/c1-4-7-17(22)21(13-14-8-10-15(19)11-9-14)16(6-3)18(23)20-12-5-2/h8-11,16H,4-7,12-13H2,1-3H3,(H,20,23)/t16-/m1/s1. The van der Waals surface area contributed by atoms with Crippen molar-refractivity contribution in [1.82, 2.24) is 10.2 Å². The van der Waals surface area contributed by atoms with Crippen molar-refractivity contribution < 1.29 is 14.0 Å². The van der Waals surface area contributed by atoms with Gasteiger partial charge in [-0.05, 0) is 37.0 Å². The fourth-order valence-corrected chi connectivity index (χ4v) is 2.43. The van der Waals surface area contributed by atoms with Crippen molar-refractivity contribution in [2.24, 2.45) is 0 Å². The van der Waals surface area contributed by atoms with Crippen LogP contribution >= 0.6 is 0 Å². The largest absolute Gasteiger partial charge is 0.354 e. The van der Waals surface area contributed by atoms with Crippen LogP contribution in [0.5, 0.6) is 0 Å². The smallest absolute Gasteiger partial charge is 0.242 e. The summed E-state index contributed by atoms with van der Waals surface area (Å²) >= 11 is 0. The van der Waals surface area contributed by atoms with Crippen LogP contribution in [0.2, 0.25) is 0 Å². The highest BCUT2D eigenvalue weighted by Gasteiger charge is 2.27. The van der Waals surface area contributed by atoms with Crippen molar-refractivity contribution in [1.29, 1.82) is 0 Å². The van der Waals surface area contributed by atoms with E-state index in [-0.39, 0.29) is 17.6 Å². The summed E-state index contributed by atoms with van der Waals surface area (Å²) in [6, 6.07) is 5.55. The van der Waals surface area contributed by atoms with E-state index in [4.69, 9.17) is 0 Å². The van der Waals surface area contributed by atoms with E-state index in [1.165, 1.54) is 12.1 Å². The molecule has 0 aliphatic heterocycles. The molecule has 0 spiro atoms. The van der Waals surface area contributed by atoms with Gasteiger partial charge in [0.05, 0.1) is 0 Å². The fraction of sp³-hybridized carbons (Fsp3) is 0.556. The van der Waals surface area contributed by atoms with E-state index < -0.39 is 6.04 Å². The van der Waals surface area contributed by atoms with Crippen LogP contribution in [0.4, 0.5) is 4.39 Å².